The lowest BCUT2D eigenvalue weighted by atomic mass is 10.2. The molecule has 1 N–H and O–H groups in total. The van der Waals surface area contributed by atoms with E-state index in [1.54, 1.807) is 23.5 Å². The number of nitrogens with one attached hydrogen (secondary N) is 1. The fourth-order valence-corrected chi connectivity index (χ4v) is 3.80. The Kier molecular flexibility index (Phi) is 7.06. The normalized spacial score (nSPS) is 10.8. The van der Waals surface area contributed by atoms with Crippen LogP contribution < -0.4 is 5.32 Å². The number of hydrogen-bond acceptors (Lipinski definition) is 3. The Labute approximate surface area is 147 Å². The van der Waals surface area contributed by atoms with Crippen molar-refractivity contribution in [2.75, 3.05) is 12.3 Å². The number of carbonyl (C=O) groups is 1. The molecule has 0 aliphatic carbocycles. The van der Waals surface area contributed by atoms with Gasteiger partial charge in [-0.2, -0.15) is 0 Å². The summed E-state index contributed by atoms with van der Waals surface area (Å²) in [7, 11) is 0. The summed E-state index contributed by atoms with van der Waals surface area (Å²) >= 11 is 3.49. The SMILES string of the molecule is Cc1ccc(SCCNC(=O)c2ccccc2SC(C)C)cc1. The molecule has 0 aliphatic rings. The summed E-state index contributed by atoms with van der Waals surface area (Å²) in [4.78, 5) is 14.7. The first-order valence-corrected chi connectivity index (χ1v) is 9.66. The van der Waals surface area contributed by atoms with E-state index in [0.29, 0.717) is 11.8 Å². The van der Waals surface area contributed by atoms with Crippen LogP contribution in [0.25, 0.3) is 0 Å². The molecule has 0 atom stereocenters. The van der Waals surface area contributed by atoms with Crippen molar-refractivity contribution < 1.29 is 4.79 Å². The molecule has 0 bridgehead atoms. The minimum absolute atomic E-state index is 0.0123. The van der Waals surface area contributed by atoms with Crippen LogP contribution in [0.15, 0.2) is 58.3 Å². The van der Waals surface area contributed by atoms with E-state index in [9.17, 15) is 4.79 Å². The molecule has 0 radical (unpaired) electrons. The Morgan fingerprint density at radius 1 is 1.09 bits per heavy atom. The lowest BCUT2D eigenvalue weighted by molar-refractivity contribution is 0.0953. The number of amides is 1. The van der Waals surface area contributed by atoms with Crippen molar-refractivity contribution in [2.24, 2.45) is 0 Å². The average molecular weight is 346 g/mol. The quantitative estimate of drug-likeness (QED) is 0.564. The van der Waals surface area contributed by atoms with Gasteiger partial charge in [-0.05, 0) is 31.2 Å². The van der Waals surface area contributed by atoms with E-state index in [-0.39, 0.29) is 5.91 Å². The Morgan fingerprint density at radius 3 is 2.48 bits per heavy atom. The number of carbonyl (C=O) groups excluding carboxylic acids is 1. The summed E-state index contributed by atoms with van der Waals surface area (Å²) in [6.07, 6.45) is 0. The van der Waals surface area contributed by atoms with Crippen molar-refractivity contribution in [2.45, 2.75) is 35.8 Å². The molecule has 2 rings (SSSR count). The van der Waals surface area contributed by atoms with Crippen molar-refractivity contribution in [3.63, 3.8) is 0 Å². The monoisotopic (exact) mass is 345 g/mol. The first kappa shape index (κ1) is 18.0. The molecule has 2 aromatic carbocycles. The maximum Gasteiger partial charge on any atom is 0.252 e. The molecule has 0 spiro atoms. The maximum absolute atomic E-state index is 12.4. The standard InChI is InChI=1S/C19H23NOS2/c1-14(2)23-18-7-5-4-6-17(18)19(21)20-12-13-22-16-10-8-15(3)9-11-16/h4-11,14H,12-13H2,1-3H3,(H,20,21). The fraction of sp³-hybridized carbons (Fsp3) is 0.316. The molecule has 0 aromatic heterocycles. The third-order valence-electron chi connectivity index (χ3n) is 3.17. The Hall–Kier alpha value is -1.39. The highest BCUT2D eigenvalue weighted by Crippen LogP contribution is 2.26. The summed E-state index contributed by atoms with van der Waals surface area (Å²) in [5.41, 5.74) is 2.04. The Balaban J connectivity index is 1.84. The molecule has 23 heavy (non-hydrogen) atoms. The molecular weight excluding hydrogens is 322 g/mol. The largest absolute Gasteiger partial charge is 0.351 e. The average Bonchev–Trinajstić information content (AvgIpc) is 2.53. The van der Waals surface area contributed by atoms with E-state index in [1.165, 1.54) is 10.5 Å². The van der Waals surface area contributed by atoms with Crippen LogP contribution in [-0.2, 0) is 0 Å². The highest BCUT2D eigenvalue weighted by Gasteiger charge is 2.11. The van der Waals surface area contributed by atoms with Gasteiger partial charge in [0.05, 0.1) is 5.56 Å². The van der Waals surface area contributed by atoms with Crippen LogP contribution in [-0.4, -0.2) is 23.5 Å². The van der Waals surface area contributed by atoms with Gasteiger partial charge in [0.2, 0.25) is 0 Å². The molecule has 0 unspecified atom stereocenters. The molecule has 2 nitrogen and oxygen atoms in total. The third kappa shape index (κ3) is 5.96. The van der Waals surface area contributed by atoms with Crippen LogP contribution in [0.5, 0.6) is 0 Å². The second-order valence-electron chi connectivity index (χ2n) is 5.58. The number of benzene rings is 2. The predicted molar refractivity (Wildman–Crippen MR) is 102 cm³/mol. The zero-order valence-electron chi connectivity index (χ0n) is 13.8. The first-order valence-electron chi connectivity index (χ1n) is 7.79. The predicted octanol–water partition coefficient (Wildman–Crippen LogP) is 5.02. The molecule has 0 aliphatic heterocycles. The summed E-state index contributed by atoms with van der Waals surface area (Å²) in [5, 5.41) is 3.48. The Bertz CT molecular complexity index is 638. The smallest absolute Gasteiger partial charge is 0.252 e. The molecular formula is C19H23NOS2. The van der Waals surface area contributed by atoms with Crippen molar-refractivity contribution >= 4 is 29.4 Å². The number of hydrogen-bond donors (Lipinski definition) is 1. The summed E-state index contributed by atoms with van der Waals surface area (Å²) in [6, 6.07) is 16.3. The highest BCUT2D eigenvalue weighted by atomic mass is 32.2. The van der Waals surface area contributed by atoms with Crippen molar-refractivity contribution in [3.8, 4) is 0 Å². The zero-order chi connectivity index (χ0) is 16.7. The van der Waals surface area contributed by atoms with E-state index in [2.05, 4.69) is 50.4 Å². The van der Waals surface area contributed by atoms with E-state index < -0.39 is 0 Å². The van der Waals surface area contributed by atoms with Gasteiger partial charge in [0, 0.05) is 27.3 Å². The van der Waals surface area contributed by atoms with Crippen LogP contribution >= 0.6 is 23.5 Å². The van der Waals surface area contributed by atoms with Crippen LogP contribution in [0.1, 0.15) is 29.8 Å². The van der Waals surface area contributed by atoms with E-state index >= 15 is 0 Å². The van der Waals surface area contributed by atoms with Gasteiger partial charge in [0.1, 0.15) is 0 Å². The molecule has 0 saturated heterocycles. The lowest BCUT2D eigenvalue weighted by Crippen LogP contribution is -2.26. The van der Waals surface area contributed by atoms with E-state index in [0.717, 1.165) is 16.2 Å². The third-order valence-corrected chi connectivity index (χ3v) is 5.27. The molecule has 1 amide bonds. The summed E-state index contributed by atoms with van der Waals surface area (Å²) in [5.74, 6) is 0.882. The second kappa shape index (κ2) is 9.04. The number of aryl methyl sites for hydroxylation is 1. The van der Waals surface area contributed by atoms with Gasteiger partial charge >= 0.3 is 0 Å². The fourth-order valence-electron chi connectivity index (χ4n) is 2.07. The van der Waals surface area contributed by atoms with E-state index in [1.807, 2.05) is 24.3 Å². The molecule has 0 saturated carbocycles. The second-order valence-corrected chi connectivity index (χ2v) is 8.37. The molecule has 2 aromatic rings. The van der Waals surface area contributed by atoms with Crippen molar-refractivity contribution in [3.05, 3.63) is 59.7 Å². The summed E-state index contributed by atoms with van der Waals surface area (Å²) < 4.78 is 0. The van der Waals surface area contributed by atoms with Gasteiger partial charge in [-0.15, -0.1) is 23.5 Å². The maximum atomic E-state index is 12.4. The van der Waals surface area contributed by atoms with Gasteiger partial charge < -0.3 is 5.32 Å². The topological polar surface area (TPSA) is 29.1 Å². The van der Waals surface area contributed by atoms with Gasteiger partial charge in [-0.25, -0.2) is 0 Å². The highest BCUT2D eigenvalue weighted by molar-refractivity contribution is 8.00. The minimum Gasteiger partial charge on any atom is -0.351 e. The van der Waals surface area contributed by atoms with Gasteiger partial charge in [0.25, 0.3) is 5.91 Å². The van der Waals surface area contributed by atoms with Gasteiger partial charge in [-0.3, -0.25) is 4.79 Å². The molecule has 122 valence electrons. The van der Waals surface area contributed by atoms with Crippen molar-refractivity contribution in [1.82, 2.24) is 5.32 Å². The summed E-state index contributed by atoms with van der Waals surface area (Å²) in [6.45, 7) is 7.02. The van der Waals surface area contributed by atoms with Crippen LogP contribution in [0.4, 0.5) is 0 Å². The van der Waals surface area contributed by atoms with Crippen LogP contribution in [0, 0.1) is 6.92 Å². The van der Waals surface area contributed by atoms with Crippen LogP contribution in [0.3, 0.4) is 0 Å². The Morgan fingerprint density at radius 2 is 1.78 bits per heavy atom. The van der Waals surface area contributed by atoms with E-state index in [4.69, 9.17) is 0 Å². The van der Waals surface area contributed by atoms with Crippen molar-refractivity contribution in [1.29, 1.82) is 0 Å². The van der Waals surface area contributed by atoms with Gasteiger partial charge in [0.15, 0.2) is 0 Å². The number of rotatable bonds is 7. The zero-order valence-corrected chi connectivity index (χ0v) is 15.5. The molecule has 0 fully saturated rings. The minimum atomic E-state index is 0.0123. The lowest BCUT2D eigenvalue weighted by Gasteiger charge is -2.11. The van der Waals surface area contributed by atoms with Crippen LogP contribution in [0.2, 0.25) is 0 Å². The molecule has 0 heterocycles. The van der Waals surface area contributed by atoms with Gasteiger partial charge in [-0.1, -0.05) is 43.7 Å². The molecule has 4 heteroatoms. The first-order chi connectivity index (χ1) is 11.1. The number of thioether (sulfide) groups is 2.